The van der Waals surface area contributed by atoms with Crippen LogP contribution < -0.4 is 5.73 Å². The molecule has 0 bridgehead atoms. The molecule has 6 heteroatoms. The molecule has 1 aliphatic rings. The van der Waals surface area contributed by atoms with Crippen molar-refractivity contribution in [2.24, 2.45) is 5.73 Å². The first-order chi connectivity index (χ1) is 7.65. The minimum atomic E-state index is -0.641. The zero-order valence-corrected chi connectivity index (χ0v) is 9.57. The van der Waals surface area contributed by atoms with E-state index in [1.54, 1.807) is 0 Å². The number of nitrogens with zero attached hydrogens (tertiary/aromatic N) is 1. The predicted octanol–water partition coefficient (Wildman–Crippen LogP) is 0.132. The number of hydrogen-bond donors (Lipinski definition) is 1. The van der Waals surface area contributed by atoms with E-state index < -0.39 is 18.1 Å². The first kappa shape index (κ1) is 11.1. The average molecular weight is 240 g/mol. The number of carbonyl (C=O) groups is 2. The topological polar surface area (TPSA) is 72.6 Å². The highest BCUT2D eigenvalue weighted by Gasteiger charge is 2.43. The monoisotopic (exact) mass is 240 g/mol. The molecule has 1 fully saturated rings. The number of rotatable bonds is 3. The van der Waals surface area contributed by atoms with Crippen LogP contribution in [0, 0.1) is 0 Å². The van der Waals surface area contributed by atoms with Crippen molar-refractivity contribution in [1.29, 1.82) is 0 Å². The minimum absolute atomic E-state index is 0.205. The zero-order chi connectivity index (χ0) is 11.7. The van der Waals surface area contributed by atoms with Gasteiger partial charge in [0.15, 0.2) is 6.04 Å². The van der Waals surface area contributed by atoms with Gasteiger partial charge in [-0.2, -0.15) is 0 Å². The fraction of sp³-hybridized carbons (Fsp3) is 0.400. The summed E-state index contributed by atoms with van der Waals surface area (Å²) in [6.07, 6.45) is 0. The average Bonchev–Trinajstić information content (AvgIpc) is 2.81. The molecular weight excluding hydrogens is 228 g/mol. The Kier molecular flexibility index (Phi) is 2.93. The van der Waals surface area contributed by atoms with E-state index in [0.717, 1.165) is 4.88 Å². The second-order valence-corrected chi connectivity index (χ2v) is 4.52. The van der Waals surface area contributed by atoms with E-state index in [1.807, 2.05) is 17.5 Å². The van der Waals surface area contributed by atoms with Gasteiger partial charge in [0, 0.05) is 11.4 Å². The molecule has 1 amide bonds. The van der Waals surface area contributed by atoms with Gasteiger partial charge in [-0.15, -0.1) is 11.3 Å². The van der Waals surface area contributed by atoms with E-state index in [2.05, 4.69) is 0 Å². The highest BCUT2D eigenvalue weighted by atomic mass is 32.1. The quantitative estimate of drug-likeness (QED) is 0.602. The van der Waals surface area contributed by atoms with Crippen molar-refractivity contribution in [3.63, 3.8) is 0 Å². The molecule has 1 aliphatic heterocycles. The van der Waals surface area contributed by atoms with Crippen molar-refractivity contribution in [3.8, 4) is 0 Å². The van der Waals surface area contributed by atoms with Gasteiger partial charge in [0.1, 0.15) is 6.04 Å². The number of likely N-dealkylation sites (tertiary alicyclic amines) is 1. The number of β-lactam (4-membered cyclic amide) rings is 1. The summed E-state index contributed by atoms with van der Waals surface area (Å²) < 4.78 is 4.71. The fourth-order valence-electron chi connectivity index (χ4n) is 1.67. The number of thiophene rings is 1. The summed E-state index contributed by atoms with van der Waals surface area (Å²) in [5.74, 6) is -0.633. The molecule has 2 unspecified atom stereocenters. The van der Waals surface area contributed by atoms with Gasteiger partial charge in [-0.25, -0.2) is 4.79 Å². The van der Waals surface area contributed by atoms with E-state index in [9.17, 15) is 9.59 Å². The third-order valence-corrected chi connectivity index (χ3v) is 3.47. The van der Waals surface area contributed by atoms with E-state index in [4.69, 9.17) is 10.5 Å². The Morgan fingerprint density at radius 1 is 1.75 bits per heavy atom. The highest BCUT2D eigenvalue weighted by molar-refractivity contribution is 7.10. The molecule has 2 rings (SSSR count). The summed E-state index contributed by atoms with van der Waals surface area (Å²) in [6, 6.07) is 2.52. The Balaban J connectivity index is 2.23. The maximum atomic E-state index is 11.6. The molecule has 2 atom stereocenters. The van der Waals surface area contributed by atoms with Crippen molar-refractivity contribution in [1.82, 2.24) is 4.90 Å². The van der Waals surface area contributed by atoms with Crippen LogP contribution in [0.5, 0.6) is 0 Å². The van der Waals surface area contributed by atoms with Crippen LogP contribution in [0.2, 0.25) is 0 Å². The standard InChI is InChI=1S/C10H12N2O3S/c1-15-10(14)8(7-3-2-4-16-7)12-5-6(11)9(12)13/h2-4,6,8H,5,11H2,1H3. The molecule has 2 heterocycles. The van der Waals surface area contributed by atoms with E-state index in [-0.39, 0.29) is 5.91 Å². The highest BCUT2D eigenvalue weighted by Crippen LogP contribution is 2.30. The van der Waals surface area contributed by atoms with Crippen molar-refractivity contribution >= 4 is 23.2 Å². The van der Waals surface area contributed by atoms with Gasteiger partial charge in [0.2, 0.25) is 5.91 Å². The van der Waals surface area contributed by atoms with Crippen LogP contribution in [-0.4, -0.2) is 36.5 Å². The number of nitrogens with two attached hydrogens (primary N) is 1. The summed E-state index contributed by atoms with van der Waals surface area (Å²) >= 11 is 1.42. The summed E-state index contributed by atoms with van der Waals surface area (Å²) in [5.41, 5.74) is 5.51. The lowest BCUT2D eigenvalue weighted by Crippen LogP contribution is -2.62. The first-order valence-electron chi connectivity index (χ1n) is 4.82. The fourth-order valence-corrected chi connectivity index (χ4v) is 2.49. The van der Waals surface area contributed by atoms with Gasteiger partial charge in [-0.3, -0.25) is 4.79 Å². The van der Waals surface area contributed by atoms with Gasteiger partial charge >= 0.3 is 5.97 Å². The Morgan fingerprint density at radius 2 is 2.50 bits per heavy atom. The van der Waals surface area contributed by atoms with E-state index in [1.165, 1.54) is 23.3 Å². The van der Waals surface area contributed by atoms with Crippen LogP contribution in [0.4, 0.5) is 0 Å². The molecule has 2 N–H and O–H groups in total. The van der Waals surface area contributed by atoms with Gasteiger partial charge in [-0.1, -0.05) is 6.07 Å². The molecule has 0 aliphatic carbocycles. The molecule has 16 heavy (non-hydrogen) atoms. The number of ether oxygens (including phenoxy) is 1. The van der Waals surface area contributed by atoms with Crippen LogP contribution in [0.3, 0.4) is 0 Å². The molecule has 0 radical (unpaired) electrons. The second-order valence-electron chi connectivity index (χ2n) is 3.54. The molecular formula is C10H12N2O3S. The van der Waals surface area contributed by atoms with E-state index in [0.29, 0.717) is 6.54 Å². The number of hydrogen-bond acceptors (Lipinski definition) is 5. The maximum absolute atomic E-state index is 11.6. The zero-order valence-electron chi connectivity index (χ0n) is 8.75. The van der Waals surface area contributed by atoms with Crippen LogP contribution in [-0.2, 0) is 14.3 Å². The third-order valence-electron chi connectivity index (χ3n) is 2.54. The van der Waals surface area contributed by atoms with Gasteiger partial charge in [-0.05, 0) is 11.4 Å². The molecule has 5 nitrogen and oxygen atoms in total. The number of amides is 1. The summed E-state index contributed by atoms with van der Waals surface area (Å²) in [6.45, 7) is 0.399. The molecule has 0 aromatic carbocycles. The Morgan fingerprint density at radius 3 is 2.94 bits per heavy atom. The van der Waals surface area contributed by atoms with Crippen LogP contribution >= 0.6 is 11.3 Å². The van der Waals surface area contributed by atoms with Gasteiger partial charge in [0.25, 0.3) is 0 Å². The lowest BCUT2D eigenvalue weighted by Gasteiger charge is -2.40. The first-order valence-corrected chi connectivity index (χ1v) is 5.70. The Hall–Kier alpha value is -1.40. The lowest BCUT2D eigenvalue weighted by molar-refractivity contribution is -0.160. The molecule has 86 valence electrons. The molecule has 1 aromatic rings. The van der Waals surface area contributed by atoms with Gasteiger partial charge < -0.3 is 15.4 Å². The maximum Gasteiger partial charge on any atom is 0.334 e. The van der Waals surface area contributed by atoms with Crippen molar-refractivity contribution < 1.29 is 14.3 Å². The van der Waals surface area contributed by atoms with Crippen LogP contribution in [0.25, 0.3) is 0 Å². The second kappa shape index (κ2) is 4.23. The van der Waals surface area contributed by atoms with Crippen molar-refractivity contribution in [2.75, 3.05) is 13.7 Å². The van der Waals surface area contributed by atoms with Crippen LogP contribution in [0.1, 0.15) is 10.9 Å². The Bertz CT molecular complexity index is 404. The SMILES string of the molecule is COC(=O)C(c1cccs1)N1CC(N)C1=O. The van der Waals surface area contributed by atoms with Crippen molar-refractivity contribution in [3.05, 3.63) is 22.4 Å². The lowest BCUT2D eigenvalue weighted by atomic mass is 10.0. The van der Waals surface area contributed by atoms with Crippen LogP contribution in [0.15, 0.2) is 17.5 Å². The molecule has 1 saturated heterocycles. The summed E-state index contributed by atoms with van der Waals surface area (Å²) in [5, 5.41) is 1.86. The molecule has 1 aromatic heterocycles. The van der Waals surface area contributed by atoms with E-state index >= 15 is 0 Å². The smallest absolute Gasteiger partial charge is 0.334 e. The molecule has 0 saturated carbocycles. The number of carbonyl (C=O) groups excluding carboxylic acids is 2. The predicted molar refractivity (Wildman–Crippen MR) is 58.8 cm³/mol. The molecule has 0 spiro atoms. The normalized spacial score (nSPS) is 21.5. The minimum Gasteiger partial charge on any atom is -0.467 e. The largest absolute Gasteiger partial charge is 0.467 e. The summed E-state index contributed by atoms with van der Waals surface area (Å²) in [4.78, 5) is 25.4. The Labute approximate surface area is 96.8 Å². The van der Waals surface area contributed by atoms with Crippen molar-refractivity contribution in [2.45, 2.75) is 12.1 Å². The number of esters is 1. The number of methoxy groups -OCH3 is 1. The van der Waals surface area contributed by atoms with Gasteiger partial charge in [0.05, 0.1) is 7.11 Å². The third kappa shape index (κ3) is 1.70. The summed E-state index contributed by atoms with van der Waals surface area (Å²) in [7, 11) is 1.31.